The van der Waals surface area contributed by atoms with Crippen LogP contribution in [0.4, 0.5) is 16.2 Å². The molecule has 0 fully saturated rings. The lowest BCUT2D eigenvalue weighted by Gasteiger charge is -2.14. The van der Waals surface area contributed by atoms with Crippen LogP contribution in [0.5, 0.6) is 5.75 Å². The van der Waals surface area contributed by atoms with Crippen molar-refractivity contribution in [3.63, 3.8) is 0 Å². The smallest absolute Gasteiger partial charge is 0.337 e. The lowest BCUT2D eigenvalue weighted by atomic mass is 10.1. The number of anilines is 2. The van der Waals surface area contributed by atoms with Crippen molar-refractivity contribution in [2.45, 2.75) is 6.92 Å². The van der Waals surface area contributed by atoms with Crippen molar-refractivity contribution in [3.8, 4) is 17.9 Å². The van der Waals surface area contributed by atoms with Crippen LogP contribution in [0.1, 0.15) is 16.7 Å². The fraction of sp³-hybridized carbons (Fsp3) is 0.118. The Morgan fingerprint density at radius 2 is 1.80 bits per heavy atom. The molecule has 25 heavy (non-hydrogen) atoms. The van der Waals surface area contributed by atoms with Crippen molar-refractivity contribution in [1.82, 2.24) is 5.43 Å². The van der Waals surface area contributed by atoms with Crippen LogP contribution in [0.2, 0.25) is 5.02 Å². The zero-order valence-electron chi connectivity index (χ0n) is 13.5. The maximum Gasteiger partial charge on any atom is 0.337 e. The number of methoxy groups -OCH3 is 1. The highest BCUT2D eigenvalue weighted by molar-refractivity contribution is 6.33. The number of ether oxygens (including phenoxy) is 1. The van der Waals surface area contributed by atoms with Gasteiger partial charge in [0.15, 0.2) is 0 Å². The SMILES string of the molecule is COc1ccc(C)cc1NC(=O)NNc1cc(C#N)c(C#N)cc1Cl. The third-order valence-corrected chi connectivity index (χ3v) is 3.57. The number of hydrazine groups is 1. The molecule has 3 N–H and O–H groups in total. The molecule has 0 spiro atoms. The summed E-state index contributed by atoms with van der Waals surface area (Å²) in [6.07, 6.45) is 0. The van der Waals surface area contributed by atoms with Gasteiger partial charge < -0.3 is 10.1 Å². The van der Waals surface area contributed by atoms with E-state index < -0.39 is 6.03 Å². The highest BCUT2D eigenvalue weighted by Gasteiger charge is 2.11. The van der Waals surface area contributed by atoms with Crippen LogP contribution in [-0.4, -0.2) is 13.1 Å². The minimum absolute atomic E-state index is 0.150. The van der Waals surface area contributed by atoms with E-state index in [1.54, 1.807) is 12.1 Å². The Balaban J connectivity index is 2.10. The normalized spacial score (nSPS) is 9.48. The van der Waals surface area contributed by atoms with Gasteiger partial charge in [-0.2, -0.15) is 10.5 Å². The first-order chi connectivity index (χ1) is 12.0. The van der Waals surface area contributed by atoms with E-state index in [0.717, 1.165) is 5.56 Å². The Kier molecular flexibility index (Phi) is 5.67. The number of amides is 2. The summed E-state index contributed by atoms with van der Waals surface area (Å²) in [7, 11) is 1.51. The summed E-state index contributed by atoms with van der Waals surface area (Å²) < 4.78 is 5.19. The highest BCUT2D eigenvalue weighted by Crippen LogP contribution is 2.26. The summed E-state index contributed by atoms with van der Waals surface area (Å²) in [6.45, 7) is 1.89. The van der Waals surface area contributed by atoms with Crippen LogP contribution in [0, 0.1) is 29.6 Å². The van der Waals surface area contributed by atoms with Gasteiger partial charge in [0.2, 0.25) is 0 Å². The van der Waals surface area contributed by atoms with Gasteiger partial charge in [0.1, 0.15) is 17.9 Å². The molecule has 0 aliphatic rings. The molecule has 2 aromatic carbocycles. The van der Waals surface area contributed by atoms with E-state index in [9.17, 15) is 4.79 Å². The van der Waals surface area contributed by atoms with Gasteiger partial charge in [-0.05, 0) is 36.8 Å². The average Bonchev–Trinajstić information content (AvgIpc) is 2.60. The predicted molar refractivity (Wildman–Crippen MR) is 94.4 cm³/mol. The number of aryl methyl sites for hydroxylation is 1. The van der Waals surface area contributed by atoms with E-state index in [-0.39, 0.29) is 16.1 Å². The third kappa shape index (κ3) is 4.31. The first-order valence-electron chi connectivity index (χ1n) is 7.10. The van der Waals surface area contributed by atoms with Crippen molar-refractivity contribution in [2.24, 2.45) is 0 Å². The van der Waals surface area contributed by atoms with Crippen LogP contribution < -0.4 is 20.9 Å². The van der Waals surface area contributed by atoms with Crippen LogP contribution in [0.3, 0.4) is 0 Å². The second-order valence-corrected chi connectivity index (χ2v) is 5.42. The third-order valence-electron chi connectivity index (χ3n) is 3.26. The molecule has 8 heteroatoms. The van der Waals surface area contributed by atoms with Gasteiger partial charge in [-0.1, -0.05) is 17.7 Å². The monoisotopic (exact) mass is 355 g/mol. The predicted octanol–water partition coefficient (Wildman–Crippen LogP) is 3.55. The summed E-state index contributed by atoms with van der Waals surface area (Å²) in [4.78, 5) is 12.1. The second kappa shape index (κ2) is 7.91. The largest absolute Gasteiger partial charge is 0.495 e. The fourth-order valence-corrected chi connectivity index (χ4v) is 2.26. The Hall–Kier alpha value is -3.42. The van der Waals surface area contributed by atoms with Crippen molar-refractivity contribution in [3.05, 3.63) is 52.0 Å². The van der Waals surface area contributed by atoms with Crippen LogP contribution in [0.25, 0.3) is 0 Å². The molecule has 0 bridgehead atoms. The number of nitrogens with one attached hydrogen (secondary N) is 3. The number of hydrogen-bond acceptors (Lipinski definition) is 5. The lowest BCUT2D eigenvalue weighted by Crippen LogP contribution is -2.33. The Morgan fingerprint density at radius 3 is 2.44 bits per heavy atom. The molecule has 0 aliphatic carbocycles. The molecule has 126 valence electrons. The molecule has 2 rings (SSSR count). The van der Waals surface area contributed by atoms with Gasteiger partial charge in [-0.25, -0.2) is 4.79 Å². The molecule has 0 saturated carbocycles. The first kappa shape index (κ1) is 17.9. The minimum Gasteiger partial charge on any atom is -0.495 e. The van der Waals surface area contributed by atoms with Crippen molar-refractivity contribution in [1.29, 1.82) is 10.5 Å². The molecule has 0 heterocycles. The number of halogens is 1. The maximum absolute atomic E-state index is 12.1. The second-order valence-electron chi connectivity index (χ2n) is 5.01. The van der Waals surface area contributed by atoms with E-state index in [0.29, 0.717) is 17.1 Å². The summed E-state index contributed by atoms with van der Waals surface area (Å²) in [5.41, 5.74) is 7.10. The number of carbonyl (C=O) groups is 1. The number of carbonyl (C=O) groups excluding carboxylic acids is 1. The first-order valence-corrected chi connectivity index (χ1v) is 7.47. The summed E-state index contributed by atoms with van der Waals surface area (Å²) in [5, 5.41) is 20.8. The number of benzene rings is 2. The van der Waals surface area contributed by atoms with Crippen LogP contribution in [-0.2, 0) is 0 Å². The topological polar surface area (TPSA) is 110 Å². The standard InChI is InChI=1S/C17H14ClN5O2/c1-10-3-4-16(25-2)15(5-10)21-17(24)23-22-14-7-12(9-20)11(8-19)6-13(14)18/h3-7,22H,1-2H3,(H2,21,23,24). The molecule has 0 saturated heterocycles. The average molecular weight is 356 g/mol. The molecule has 7 nitrogen and oxygen atoms in total. The summed E-state index contributed by atoms with van der Waals surface area (Å²) in [5.74, 6) is 0.518. The molecule has 0 unspecified atom stereocenters. The van der Waals surface area contributed by atoms with E-state index in [4.69, 9.17) is 26.9 Å². The molecule has 0 atom stereocenters. The van der Waals surface area contributed by atoms with Gasteiger partial charge in [0.05, 0.1) is 34.6 Å². The van der Waals surface area contributed by atoms with Crippen molar-refractivity contribution < 1.29 is 9.53 Å². The van der Waals surface area contributed by atoms with Gasteiger partial charge >= 0.3 is 6.03 Å². The fourth-order valence-electron chi connectivity index (χ4n) is 2.05. The molecule has 0 aliphatic heterocycles. The van der Waals surface area contributed by atoms with E-state index in [1.165, 1.54) is 19.2 Å². The van der Waals surface area contributed by atoms with Gasteiger partial charge in [-0.3, -0.25) is 10.9 Å². The van der Waals surface area contributed by atoms with E-state index in [1.807, 2.05) is 25.1 Å². The maximum atomic E-state index is 12.1. The minimum atomic E-state index is -0.553. The zero-order chi connectivity index (χ0) is 18.4. The Morgan fingerprint density at radius 1 is 1.12 bits per heavy atom. The van der Waals surface area contributed by atoms with E-state index >= 15 is 0 Å². The molecular weight excluding hydrogens is 342 g/mol. The molecule has 0 aromatic heterocycles. The van der Waals surface area contributed by atoms with Crippen molar-refractivity contribution >= 4 is 29.0 Å². The van der Waals surface area contributed by atoms with Crippen LogP contribution in [0.15, 0.2) is 30.3 Å². The van der Waals surface area contributed by atoms with Gasteiger partial charge in [0, 0.05) is 0 Å². The number of nitriles is 2. The Bertz CT molecular complexity index is 899. The summed E-state index contributed by atoms with van der Waals surface area (Å²) >= 11 is 6.03. The Labute approximate surface area is 149 Å². The summed E-state index contributed by atoms with van der Waals surface area (Å²) in [6, 6.07) is 11.3. The van der Waals surface area contributed by atoms with E-state index in [2.05, 4.69) is 16.2 Å². The molecular formula is C17H14ClN5O2. The highest BCUT2D eigenvalue weighted by atomic mass is 35.5. The quantitative estimate of drug-likeness (QED) is 0.726. The number of rotatable bonds is 4. The number of nitrogens with zero attached hydrogens (tertiary/aromatic N) is 2. The number of hydrogen-bond donors (Lipinski definition) is 3. The molecule has 0 radical (unpaired) electrons. The van der Waals surface area contributed by atoms with Gasteiger partial charge in [0.25, 0.3) is 0 Å². The molecule has 2 aromatic rings. The van der Waals surface area contributed by atoms with Crippen molar-refractivity contribution in [2.75, 3.05) is 17.9 Å². The van der Waals surface area contributed by atoms with Crippen LogP contribution >= 0.6 is 11.6 Å². The lowest BCUT2D eigenvalue weighted by molar-refractivity contribution is 0.253. The zero-order valence-corrected chi connectivity index (χ0v) is 14.2. The molecule has 2 amide bonds. The van der Waals surface area contributed by atoms with Gasteiger partial charge in [-0.15, -0.1) is 0 Å². The number of urea groups is 1.